The van der Waals surface area contributed by atoms with Crippen molar-refractivity contribution in [1.82, 2.24) is 10.2 Å². The van der Waals surface area contributed by atoms with E-state index in [1.54, 1.807) is 0 Å². The molecule has 0 spiro atoms. The van der Waals surface area contributed by atoms with E-state index < -0.39 is 12.3 Å². The first kappa shape index (κ1) is 30.2. The lowest BCUT2D eigenvalue weighted by Gasteiger charge is -2.43. The van der Waals surface area contributed by atoms with Crippen molar-refractivity contribution in [1.29, 1.82) is 0 Å². The Morgan fingerprint density at radius 2 is 1.50 bits per heavy atom. The van der Waals surface area contributed by atoms with Crippen molar-refractivity contribution in [2.75, 3.05) is 19.6 Å². The van der Waals surface area contributed by atoms with E-state index >= 15 is 0 Å². The molecule has 1 amide bonds. The molecule has 4 unspecified atom stereocenters. The molecule has 2 aliphatic heterocycles. The zero-order chi connectivity index (χ0) is 28.3. The molecule has 2 saturated heterocycles. The van der Waals surface area contributed by atoms with Gasteiger partial charge in [-0.15, -0.1) is 0 Å². The van der Waals surface area contributed by atoms with Crippen LogP contribution in [0.3, 0.4) is 0 Å². The summed E-state index contributed by atoms with van der Waals surface area (Å²) in [7, 11) is 0. The molecule has 218 valence electrons. The lowest BCUT2D eigenvalue weighted by atomic mass is 9.89. The molecule has 0 aromatic heterocycles. The number of carboxylic acids is 1. The number of hydrogen-bond acceptors (Lipinski definition) is 6. The fraction of sp³-hybridized carbons (Fsp3) is 0.562. The van der Waals surface area contributed by atoms with Gasteiger partial charge >= 0.3 is 5.97 Å². The van der Waals surface area contributed by atoms with Crippen molar-refractivity contribution < 1.29 is 29.3 Å². The number of amides is 1. The third-order valence-corrected chi connectivity index (χ3v) is 8.05. The van der Waals surface area contributed by atoms with Crippen molar-refractivity contribution in [3.63, 3.8) is 0 Å². The quantitative estimate of drug-likeness (QED) is 0.356. The maximum atomic E-state index is 12.0. The zero-order valence-electron chi connectivity index (χ0n) is 23.6. The summed E-state index contributed by atoms with van der Waals surface area (Å²) in [6.07, 6.45) is 6.23. The first-order chi connectivity index (χ1) is 19.4. The number of rotatable bonds is 11. The molecule has 0 saturated carbocycles. The van der Waals surface area contributed by atoms with E-state index in [1.165, 1.54) is 32.1 Å². The molecule has 2 aromatic carbocycles. The topological polar surface area (TPSA) is 108 Å². The van der Waals surface area contributed by atoms with E-state index in [1.807, 2.05) is 48.5 Å². The highest BCUT2D eigenvalue weighted by Crippen LogP contribution is 2.42. The molecule has 2 aliphatic rings. The number of aliphatic carboxylic acids is 1. The molecular formula is C32H44N2O6. The molecule has 8 nitrogen and oxygen atoms in total. The Balaban J connectivity index is 1.44. The summed E-state index contributed by atoms with van der Waals surface area (Å²) < 4.78 is 13.2. The molecule has 2 fully saturated rings. The second-order valence-electron chi connectivity index (χ2n) is 11.2. The lowest BCUT2D eigenvalue weighted by Crippen LogP contribution is -2.45. The van der Waals surface area contributed by atoms with Gasteiger partial charge in [0.25, 0.3) is 0 Å². The van der Waals surface area contributed by atoms with Crippen LogP contribution in [0.25, 0.3) is 0 Å². The lowest BCUT2D eigenvalue weighted by molar-refractivity contribution is -0.276. The van der Waals surface area contributed by atoms with Crippen molar-refractivity contribution in [3.05, 3.63) is 70.8 Å². The zero-order valence-corrected chi connectivity index (χ0v) is 23.6. The van der Waals surface area contributed by atoms with E-state index in [0.717, 1.165) is 41.9 Å². The van der Waals surface area contributed by atoms with Gasteiger partial charge in [-0.3, -0.25) is 9.59 Å². The summed E-state index contributed by atoms with van der Waals surface area (Å²) in [5, 5.41) is 21.1. The van der Waals surface area contributed by atoms with Gasteiger partial charge in [-0.05, 0) is 49.0 Å². The van der Waals surface area contributed by atoms with Gasteiger partial charge in [0.15, 0.2) is 6.29 Å². The summed E-state index contributed by atoms with van der Waals surface area (Å²) in [5.74, 6) is -0.892. The molecule has 2 aromatic rings. The predicted octanol–water partition coefficient (Wildman–Crippen LogP) is 5.11. The number of nitrogens with one attached hydrogen (secondary N) is 1. The highest BCUT2D eigenvalue weighted by Gasteiger charge is 2.39. The molecule has 0 bridgehead atoms. The fourth-order valence-electron chi connectivity index (χ4n) is 5.56. The van der Waals surface area contributed by atoms with Crippen LogP contribution in [0.15, 0.2) is 48.5 Å². The van der Waals surface area contributed by atoms with Gasteiger partial charge in [-0.1, -0.05) is 74.7 Å². The Morgan fingerprint density at radius 3 is 2.15 bits per heavy atom. The summed E-state index contributed by atoms with van der Waals surface area (Å²) in [6, 6.07) is 15.9. The molecule has 4 rings (SSSR count). The van der Waals surface area contributed by atoms with Crippen LogP contribution in [0.1, 0.15) is 92.9 Å². The number of aliphatic hydroxyl groups excluding tert-OH is 1. The number of hydrogen-bond donors (Lipinski definition) is 3. The van der Waals surface area contributed by atoms with Crippen LogP contribution in [-0.2, 0) is 32.2 Å². The molecule has 3 N–H and O–H groups in total. The van der Waals surface area contributed by atoms with Gasteiger partial charge < -0.3 is 29.9 Å². The number of carboxylic acid groups (broad SMARTS) is 1. The average Bonchev–Trinajstić information content (AvgIpc) is 2.94. The van der Waals surface area contributed by atoms with Crippen LogP contribution in [-0.4, -0.2) is 52.7 Å². The summed E-state index contributed by atoms with van der Waals surface area (Å²) in [6.45, 7) is 5.68. The van der Waals surface area contributed by atoms with E-state index in [2.05, 4.69) is 17.1 Å². The minimum Gasteiger partial charge on any atom is -0.481 e. The first-order valence-corrected chi connectivity index (χ1v) is 14.7. The van der Waals surface area contributed by atoms with Crippen LogP contribution < -0.4 is 5.32 Å². The summed E-state index contributed by atoms with van der Waals surface area (Å²) in [4.78, 5) is 25.2. The van der Waals surface area contributed by atoms with Gasteiger partial charge in [0, 0.05) is 37.4 Å². The van der Waals surface area contributed by atoms with Gasteiger partial charge in [0.05, 0.1) is 18.8 Å². The molecule has 40 heavy (non-hydrogen) atoms. The largest absolute Gasteiger partial charge is 0.481 e. The molecular weight excluding hydrogens is 508 g/mol. The van der Waals surface area contributed by atoms with Gasteiger partial charge in [0.2, 0.25) is 5.91 Å². The summed E-state index contributed by atoms with van der Waals surface area (Å²) >= 11 is 0. The monoisotopic (exact) mass is 552 g/mol. The highest BCUT2D eigenvalue weighted by atomic mass is 16.7. The number of aliphatic hydroxyl groups is 1. The van der Waals surface area contributed by atoms with Crippen LogP contribution >= 0.6 is 0 Å². The number of carbonyl (C=O) groups is 2. The van der Waals surface area contributed by atoms with E-state index in [0.29, 0.717) is 13.0 Å². The maximum Gasteiger partial charge on any atom is 0.303 e. The van der Waals surface area contributed by atoms with Crippen LogP contribution in [0.2, 0.25) is 0 Å². The molecule has 0 aliphatic carbocycles. The molecule has 2 heterocycles. The molecule has 4 atom stereocenters. The number of ether oxygens (including phenoxy) is 2. The smallest absolute Gasteiger partial charge is 0.303 e. The minimum atomic E-state index is -0.890. The number of likely N-dealkylation sites (tertiary alicyclic amines) is 1. The summed E-state index contributed by atoms with van der Waals surface area (Å²) in [5.41, 5.74) is 3.84. The highest BCUT2D eigenvalue weighted by molar-refractivity contribution is 5.76. The second kappa shape index (κ2) is 15.3. The number of nitrogens with zero attached hydrogens (tertiary/aromatic N) is 1. The van der Waals surface area contributed by atoms with Crippen molar-refractivity contribution in [2.24, 2.45) is 5.92 Å². The second-order valence-corrected chi connectivity index (χ2v) is 11.2. The van der Waals surface area contributed by atoms with E-state index in [-0.39, 0.29) is 43.5 Å². The van der Waals surface area contributed by atoms with Crippen molar-refractivity contribution >= 4 is 11.9 Å². The average molecular weight is 553 g/mol. The Morgan fingerprint density at radius 1 is 0.875 bits per heavy atom. The van der Waals surface area contributed by atoms with Gasteiger partial charge in [0.1, 0.15) is 0 Å². The third kappa shape index (κ3) is 8.86. The standard InChI is InChI=1S/C32H44N2O6/c1-23-28(21-34-18-5-3-2-4-6-19-34)39-32(40-31(23)26-14-12-25(22-35)13-15-26)27-16-10-24(11-17-27)20-33-29(36)8-7-9-30(37)38/h10-17,23,28,31-32,35H,2-9,18-22H2,1H3,(H,33,36)(H,37,38). The van der Waals surface area contributed by atoms with Crippen molar-refractivity contribution in [3.8, 4) is 0 Å². The Hall–Kier alpha value is -2.78. The SMILES string of the molecule is CC1C(CN2CCCCCCC2)OC(c2ccc(CNC(=O)CCCC(=O)O)cc2)OC1c1ccc(CO)cc1. The number of benzene rings is 2. The molecule has 0 radical (unpaired) electrons. The van der Waals surface area contributed by atoms with Gasteiger partial charge in [-0.2, -0.15) is 0 Å². The predicted molar refractivity (Wildman–Crippen MR) is 152 cm³/mol. The fourth-order valence-corrected chi connectivity index (χ4v) is 5.56. The third-order valence-electron chi connectivity index (χ3n) is 8.05. The van der Waals surface area contributed by atoms with Gasteiger partial charge in [-0.25, -0.2) is 0 Å². The Bertz CT molecular complexity index is 1070. The first-order valence-electron chi connectivity index (χ1n) is 14.7. The number of carbonyl (C=O) groups excluding carboxylic acids is 1. The van der Waals surface area contributed by atoms with E-state index in [9.17, 15) is 14.7 Å². The van der Waals surface area contributed by atoms with E-state index in [4.69, 9.17) is 14.6 Å². The molecule has 8 heteroatoms. The minimum absolute atomic E-state index is 0.00506. The van der Waals surface area contributed by atoms with Crippen molar-refractivity contribution in [2.45, 2.75) is 89.9 Å². The maximum absolute atomic E-state index is 12.0. The Kier molecular flexibility index (Phi) is 11.5. The van der Waals surface area contributed by atoms with Crippen LogP contribution in [0.4, 0.5) is 0 Å². The van der Waals surface area contributed by atoms with Crippen LogP contribution in [0.5, 0.6) is 0 Å². The Labute approximate surface area is 237 Å². The normalized spacial score (nSPS) is 24.1. The van der Waals surface area contributed by atoms with Crippen LogP contribution in [0, 0.1) is 5.92 Å².